The number of aromatic nitrogens is 1. The van der Waals surface area contributed by atoms with Crippen molar-refractivity contribution in [2.75, 3.05) is 13.1 Å². The number of nitrogens with zero attached hydrogens (tertiary/aromatic N) is 2. The van der Waals surface area contributed by atoms with Crippen LogP contribution < -0.4 is 4.74 Å². The van der Waals surface area contributed by atoms with Crippen molar-refractivity contribution < 1.29 is 17.9 Å². The van der Waals surface area contributed by atoms with Crippen LogP contribution in [0.2, 0.25) is 10.0 Å². The van der Waals surface area contributed by atoms with Gasteiger partial charge in [0, 0.05) is 24.2 Å². The first-order valence-electron chi connectivity index (χ1n) is 9.85. The lowest BCUT2D eigenvalue weighted by Gasteiger charge is -2.26. The summed E-state index contributed by atoms with van der Waals surface area (Å²) in [7, 11) is -3.68. The highest BCUT2D eigenvalue weighted by molar-refractivity contribution is 7.89. The van der Waals surface area contributed by atoms with Crippen molar-refractivity contribution in [3.63, 3.8) is 0 Å². The van der Waals surface area contributed by atoms with Gasteiger partial charge >= 0.3 is 5.97 Å². The van der Waals surface area contributed by atoms with Gasteiger partial charge in [-0.2, -0.15) is 4.31 Å². The first-order chi connectivity index (χ1) is 14.8. The summed E-state index contributed by atoms with van der Waals surface area (Å²) in [6.07, 6.45) is 2.67. The molecule has 6 nitrogen and oxygen atoms in total. The molecule has 2 aromatic carbocycles. The minimum atomic E-state index is -3.68. The van der Waals surface area contributed by atoms with Gasteiger partial charge in [0.15, 0.2) is 5.75 Å². The molecular weight excluding hydrogens is 459 g/mol. The standard InChI is InChI=1S/C22H20Cl2N2O4S/c1-14-8-9-17-18(23)13-19(24)21(20(17)25-14)30-22(27)15-6-5-7-16(12-15)31(28,29)26-10-3-2-4-11-26/h5-9,12-13H,2-4,10-11H2,1H3. The number of carbonyl (C=O) groups is 1. The zero-order chi connectivity index (χ0) is 22.2. The summed E-state index contributed by atoms with van der Waals surface area (Å²) >= 11 is 12.5. The largest absolute Gasteiger partial charge is 0.419 e. The van der Waals surface area contributed by atoms with Gasteiger partial charge in [0.05, 0.1) is 20.5 Å². The third kappa shape index (κ3) is 4.41. The molecule has 4 rings (SSSR count). The topological polar surface area (TPSA) is 76.6 Å². The molecule has 0 atom stereocenters. The molecule has 3 aromatic rings. The van der Waals surface area contributed by atoms with Crippen molar-refractivity contribution in [1.82, 2.24) is 9.29 Å². The Morgan fingerprint density at radius 3 is 2.52 bits per heavy atom. The van der Waals surface area contributed by atoms with Crippen LogP contribution in [-0.2, 0) is 10.0 Å². The molecule has 0 aliphatic carbocycles. The number of halogens is 2. The maximum atomic E-state index is 13.0. The number of aryl methyl sites for hydroxylation is 1. The second kappa shape index (κ2) is 8.74. The summed E-state index contributed by atoms with van der Waals surface area (Å²) in [6, 6.07) is 10.9. The Labute approximate surface area is 190 Å². The van der Waals surface area contributed by atoms with Gasteiger partial charge < -0.3 is 4.74 Å². The summed E-state index contributed by atoms with van der Waals surface area (Å²) in [4.78, 5) is 17.4. The van der Waals surface area contributed by atoms with Crippen LogP contribution in [0.5, 0.6) is 5.75 Å². The van der Waals surface area contributed by atoms with Crippen LogP contribution in [0.1, 0.15) is 35.3 Å². The van der Waals surface area contributed by atoms with E-state index in [1.54, 1.807) is 19.1 Å². The fourth-order valence-corrected chi connectivity index (χ4v) is 5.69. The van der Waals surface area contributed by atoms with Crippen molar-refractivity contribution in [2.45, 2.75) is 31.1 Å². The number of carbonyl (C=O) groups excluding carboxylic acids is 1. The lowest BCUT2D eigenvalue weighted by molar-refractivity contribution is 0.0736. The van der Waals surface area contributed by atoms with E-state index < -0.39 is 16.0 Å². The molecule has 1 aromatic heterocycles. The van der Waals surface area contributed by atoms with Crippen LogP contribution in [-0.4, -0.2) is 36.8 Å². The Hall–Kier alpha value is -2.19. The van der Waals surface area contributed by atoms with E-state index in [-0.39, 0.29) is 21.2 Å². The van der Waals surface area contributed by atoms with Gasteiger partial charge in [-0.15, -0.1) is 0 Å². The van der Waals surface area contributed by atoms with Crippen molar-refractivity contribution in [2.24, 2.45) is 0 Å². The number of fused-ring (bicyclic) bond motifs is 1. The molecule has 1 aliphatic rings. The van der Waals surface area contributed by atoms with E-state index in [2.05, 4.69) is 4.98 Å². The van der Waals surface area contributed by atoms with Crippen LogP contribution in [0.15, 0.2) is 47.4 Å². The number of hydrogen-bond donors (Lipinski definition) is 0. The molecule has 0 bridgehead atoms. The molecule has 31 heavy (non-hydrogen) atoms. The van der Waals surface area contributed by atoms with Crippen molar-refractivity contribution >= 4 is 50.1 Å². The number of esters is 1. The molecule has 0 spiro atoms. The third-order valence-electron chi connectivity index (χ3n) is 5.19. The number of pyridine rings is 1. The van der Waals surface area contributed by atoms with Crippen molar-refractivity contribution in [3.8, 4) is 5.75 Å². The fraction of sp³-hybridized carbons (Fsp3) is 0.273. The normalized spacial score (nSPS) is 15.2. The average Bonchev–Trinajstić information content (AvgIpc) is 2.77. The predicted octanol–water partition coefficient (Wildman–Crippen LogP) is 5.24. The summed E-state index contributed by atoms with van der Waals surface area (Å²) in [5, 5.41) is 1.13. The van der Waals surface area contributed by atoms with E-state index >= 15 is 0 Å². The van der Waals surface area contributed by atoms with Crippen LogP contribution in [0.4, 0.5) is 0 Å². The maximum Gasteiger partial charge on any atom is 0.343 e. The number of piperidine rings is 1. The first kappa shape index (κ1) is 22.0. The van der Waals surface area contributed by atoms with E-state index in [1.807, 2.05) is 0 Å². The maximum absolute atomic E-state index is 13.0. The molecule has 0 radical (unpaired) electrons. The quantitative estimate of drug-likeness (QED) is 0.378. The smallest absolute Gasteiger partial charge is 0.343 e. The summed E-state index contributed by atoms with van der Waals surface area (Å²) in [5.74, 6) is -0.649. The minimum absolute atomic E-state index is 0.0601. The number of ether oxygens (including phenoxy) is 1. The molecule has 9 heteroatoms. The highest BCUT2D eigenvalue weighted by atomic mass is 35.5. The highest BCUT2D eigenvalue weighted by Crippen LogP contribution is 2.37. The van der Waals surface area contributed by atoms with Crippen molar-refractivity contribution in [3.05, 3.63) is 63.8 Å². The SMILES string of the molecule is Cc1ccc2c(Cl)cc(Cl)c(OC(=O)c3cccc(S(=O)(=O)N4CCCCC4)c3)c2n1. The van der Waals surface area contributed by atoms with Gasteiger partial charge in [0.25, 0.3) is 0 Å². The molecule has 0 N–H and O–H groups in total. The molecule has 2 heterocycles. The minimum Gasteiger partial charge on any atom is -0.419 e. The lowest BCUT2D eigenvalue weighted by atomic mass is 10.2. The Bertz CT molecular complexity index is 1270. The zero-order valence-corrected chi connectivity index (χ0v) is 19.1. The average molecular weight is 479 g/mol. The first-order valence-corrected chi connectivity index (χ1v) is 12.0. The second-order valence-corrected chi connectivity index (χ2v) is 10.2. The van der Waals surface area contributed by atoms with Crippen molar-refractivity contribution in [1.29, 1.82) is 0 Å². The van der Waals surface area contributed by atoms with E-state index in [9.17, 15) is 13.2 Å². The number of rotatable bonds is 4. The second-order valence-electron chi connectivity index (χ2n) is 7.40. The van der Waals surface area contributed by atoms with Crippen LogP contribution in [0.25, 0.3) is 10.9 Å². The Morgan fingerprint density at radius 1 is 1.03 bits per heavy atom. The Balaban J connectivity index is 1.68. The number of sulfonamides is 1. The van der Waals surface area contributed by atoms with E-state index in [1.165, 1.54) is 34.6 Å². The molecule has 1 saturated heterocycles. The Morgan fingerprint density at radius 2 is 1.77 bits per heavy atom. The van der Waals surface area contributed by atoms with Gasteiger partial charge in [-0.05, 0) is 56.2 Å². The molecule has 1 aliphatic heterocycles. The van der Waals surface area contributed by atoms with E-state index in [0.29, 0.717) is 34.7 Å². The summed E-state index contributed by atoms with van der Waals surface area (Å²) in [6.45, 7) is 2.76. The summed E-state index contributed by atoms with van der Waals surface area (Å²) in [5.41, 5.74) is 1.17. The van der Waals surface area contributed by atoms with Crippen LogP contribution in [0.3, 0.4) is 0 Å². The molecule has 1 fully saturated rings. The van der Waals surface area contributed by atoms with Gasteiger partial charge in [0.2, 0.25) is 10.0 Å². The number of benzene rings is 2. The molecule has 0 unspecified atom stereocenters. The van der Waals surface area contributed by atoms with E-state index in [0.717, 1.165) is 19.3 Å². The molecule has 162 valence electrons. The lowest BCUT2D eigenvalue weighted by Crippen LogP contribution is -2.35. The number of hydrogen-bond acceptors (Lipinski definition) is 5. The van der Waals surface area contributed by atoms with Crippen LogP contribution in [0, 0.1) is 6.92 Å². The van der Waals surface area contributed by atoms with Gasteiger partial charge in [-0.1, -0.05) is 35.7 Å². The van der Waals surface area contributed by atoms with E-state index in [4.69, 9.17) is 27.9 Å². The Kier molecular flexibility index (Phi) is 6.21. The molecular formula is C22H20Cl2N2O4S. The highest BCUT2D eigenvalue weighted by Gasteiger charge is 2.27. The van der Waals surface area contributed by atoms with Gasteiger partial charge in [0.1, 0.15) is 5.52 Å². The van der Waals surface area contributed by atoms with Gasteiger partial charge in [-0.25, -0.2) is 18.2 Å². The molecule has 0 amide bonds. The molecule has 0 saturated carbocycles. The zero-order valence-electron chi connectivity index (χ0n) is 16.8. The summed E-state index contributed by atoms with van der Waals surface area (Å²) < 4.78 is 32.9. The van der Waals surface area contributed by atoms with Crippen LogP contribution >= 0.6 is 23.2 Å². The fourth-order valence-electron chi connectivity index (χ4n) is 3.58. The predicted molar refractivity (Wildman–Crippen MR) is 121 cm³/mol. The third-order valence-corrected chi connectivity index (χ3v) is 7.68. The van der Waals surface area contributed by atoms with Gasteiger partial charge in [-0.3, -0.25) is 0 Å². The monoisotopic (exact) mass is 478 g/mol.